The van der Waals surface area contributed by atoms with Gasteiger partial charge in [0.25, 0.3) is 0 Å². The number of furan rings is 1. The van der Waals surface area contributed by atoms with Crippen LogP contribution in [0.4, 0.5) is 0 Å². The third kappa shape index (κ3) is 2.36. The lowest BCUT2D eigenvalue weighted by molar-refractivity contribution is 0.144. The maximum absolute atomic E-state index is 6.16. The number of benzene rings is 1. The fourth-order valence-electron chi connectivity index (χ4n) is 3.38. The monoisotopic (exact) mass is 272 g/mol. The summed E-state index contributed by atoms with van der Waals surface area (Å²) in [6.07, 6.45) is 3.34. The second kappa shape index (κ2) is 5.58. The first kappa shape index (κ1) is 13.7. The third-order valence-electron chi connectivity index (χ3n) is 4.50. The molecule has 2 N–H and O–H groups in total. The van der Waals surface area contributed by atoms with Crippen LogP contribution in [-0.4, -0.2) is 24.0 Å². The number of fused-ring (bicyclic) bond motifs is 1. The van der Waals surface area contributed by atoms with Gasteiger partial charge in [-0.1, -0.05) is 25.1 Å². The lowest BCUT2D eigenvalue weighted by Gasteiger charge is -2.34. The van der Waals surface area contributed by atoms with Gasteiger partial charge in [-0.25, -0.2) is 0 Å². The van der Waals surface area contributed by atoms with E-state index in [9.17, 15) is 0 Å². The number of nitrogens with two attached hydrogens (primary N) is 1. The van der Waals surface area contributed by atoms with Gasteiger partial charge >= 0.3 is 0 Å². The Morgan fingerprint density at radius 2 is 2.20 bits per heavy atom. The molecule has 3 heteroatoms. The predicted molar refractivity (Wildman–Crippen MR) is 82.8 cm³/mol. The fourth-order valence-corrected chi connectivity index (χ4v) is 3.38. The molecule has 1 aromatic carbocycles. The number of piperidine rings is 1. The molecular formula is C17H24N2O. The lowest BCUT2D eigenvalue weighted by Crippen LogP contribution is -2.43. The SMILES string of the molecule is CCc1c(C(C)N2CCCC(N)C2)oc2ccccc12. The Labute approximate surface area is 120 Å². The van der Waals surface area contributed by atoms with E-state index in [-0.39, 0.29) is 0 Å². The standard InChI is InChI=1S/C17H24N2O/c1-3-14-15-8-4-5-9-16(15)20-17(14)12(2)19-10-6-7-13(18)11-19/h4-5,8-9,12-13H,3,6-7,10-11,18H2,1-2H3. The van der Waals surface area contributed by atoms with Crippen molar-refractivity contribution in [2.75, 3.05) is 13.1 Å². The van der Waals surface area contributed by atoms with Gasteiger partial charge in [0.05, 0.1) is 6.04 Å². The molecule has 0 radical (unpaired) electrons. The summed E-state index contributed by atoms with van der Waals surface area (Å²) < 4.78 is 6.16. The quantitative estimate of drug-likeness (QED) is 0.930. The first-order chi connectivity index (χ1) is 9.70. The number of nitrogens with zero attached hydrogens (tertiary/aromatic N) is 1. The number of hydrogen-bond donors (Lipinski definition) is 1. The van der Waals surface area contributed by atoms with E-state index in [2.05, 4.69) is 36.9 Å². The summed E-state index contributed by atoms with van der Waals surface area (Å²) in [4.78, 5) is 2.46. The highest BCUT2D eigenvalue weighted by Crippen LogP contribution is 2.34. The van der Waals surface area contributed by atoms with Crippen molar-refractivity contribution in [2.45, 2.75) is 45.2 Å². The summed E-state index contributed by atoms with van der Waals surface area (Å²) in [5, 5.41) is 1.26. The molecule has 0 aliphatic carbocycles. The van der Waals surface area contributed by atoms with Crippen LogP contribution in [-0.2, 0) is 6.42 Å². The normalized spacial score (nSPS) is 22.2. The number of para-hydroxylation sites is 1. The molecule has 0 saturated carbocycles. The summed E-state index contributed by atoms with van der Waals surface area (Å²) in [6.45, 7) is 6.54. The van der Waals surface area contributed by atoms with Crippen LogP contribution in [0.1, 0.15) is 44.1 Å². The minimum atomic E-state index is 0.306. The molecule has 108 valence electrons. The maximum Gasteiger partial charge on any atom is 0.134 e. The molecule has 2 atom stereocenters. The highest BCUT2D eigenvalue weighted by molar-refractivity contribution is 5.82. The van der Waals surface area contributed by atoms with Crippen LogP contribution in [0.2, 0.25) is 0 Å². The van der Waals surface area contributed by atoms with Gasteiger partial charge in [-0.05, 0) is 38.8 Å². The summed E-state index contributed by atoms with van der Waals surface area (Å²) in [5.74, 6) is 1.13. The molecule has 1 aliphatic heterocycles. The maximum atomic E-state index is 6.16. The van der Waals surface area contributed by atoms with Crippen molar-refractivity contribution in [3.8, 4) is 0 Å². The largest absolute Gasteiger partial charge is 0.459 e. The summed E-state index contributed by atoms with van der Waals surface area (Å²) >= 11 is 0. The van der Waals surface area contributed by atoms with Gasteiger partial charge in [-0.3, -0.25) is 4.90 Å². The van der Waals surface area contributed by atoms with Crippen molar-refractivity contribution in [1.82, 2.24) is 4.90 Å². The average molecular weight is 272 g/mol. The van der Waals surface area contributed by atoms with Crippen molar-refractivity contribution >= 4 is 11.0 Å². The minimum Gasteiger partial charge on any atom is -0.459 e. The van der Waals surface area contributed by atoms with Crippen molar-refractivity contribution in [3.05, 3.63) is 35.6 Å². The topological polar surface area (TPSA) is 42.4 Å². The molecule has 1 saturated heterocycles. The van der Waals surface area contributed by atoms with Gasteiger partial charge < -0.3 is 10.2 Å². The lowest BCUT2D eigenvalue weighted by atomic mass is 10.0. The highest BCUT2D eigenvalue weighted by Gasteiger charge is 2.26. The molecule has 3 nitrogen and oxygen atoms in total. The first-order valence-corrected chi connectivity index (χ1v) is 7.70. The molecule has 1 fully saturated rings. The fraction of sp³-hybridized carbons (Fsp3) is 0.529. The van der Waals surface area contributed by atoms with Gasteiger partial charge in [0, 0.05) is 23.5 Å². The van der Waals surface area contributed by atoms with E-state index in [0.717, 1.165) is 37.3 Å². The summed E-state index contributed by atoms with van der Waals surface area (Å²) in [7, 11) is 0. The van der Waals surface area contributed by atoms with Crippen molar-refractivity contribution < 1.29 is 4.42 Å². The van der Waals surface area contributed by atoms with Crippen LogP contribution in [0.25, 0.3) is 11.0 Å². The van der Waals surface area contributed by atoms with E-state index in [1.165, 1.54) is 17.4 Å². The van der Waals surface area contributed by atoms with Crippen LogP contribution in [0, 0.1) is 0 Å². The summed E-state index contributed by atoms with van der Waals surface area (Å²) in [5.41, 5.74) is 8.48. The van der Waals surface area contributed by atoms with E-state index >= 15 is 0 Å². The van der Waals surface area contributed by atoms with E-state index in [0.29, 0.717) is 12.1 Å². The van der Waals surface area contributed by atoms with Crippen LogP contribution >= 0.6 is 0 Å². The van der Waals surface area contributed by atoms with Crippen molar-refractivity contribution in [2.24, 2.45) is 5.73 Å². The van der Waals surface area contributed by atoms with Crippen LogP contribution in [0.3, 0.4) is 0 Å². The predicted octanol–water partition coefficient (Wildman–Crippen LogP) is 3.48. The Bertz CT molecular complexity index is 590. The minimum absolute atomic E-state index is 0.306. The van der Waals surface area contributed by atoms with Gasteiger partial charge in [0.2, 0.25) is 0 Å². The zero-order valence-electron chi connectivity index (χ0n) is 12.4. The van der Waals surface area contributed by atoms with E-state index < -0.39 is 0 Å². The first-order valence-electron chi connectivity index (χ1n) is 7.70. The second-order valence-electron chi connectivity index (χ2n) is 5.87. The molecule has 2 aromatic rings. The zero-order valence-corrected chi connectivity index (χ0v) is 12.4. The van der Waals surface area contributed by atoms with Gasteiger partial charge in [0.1, 0.15) is 11.3 Å². The van der Waals surface area contributed by atoms with E-state index in [1.54, 1.807) is 0 Å². The number of hydrogen-bond acceptors (Lipinski definition) is 3. The molecule has 20 heavy (non-hydrogen) atoms. The molecule has 0 amide bonds. The van der Waals surface area contributed by atoms with Crippen molar-refractivity contribution in [3.63, 3.8) is 0 Å². The third-order valence-corrected chi connectivity index (χ3v) is 4.50. The molecule has 0 bridgehead atoms. The molecular weight excluding hydrogens is 248 g/mol. The second-order valence-corrected chi connectivity index (χ2v) is 5.87. The smallest absolute Gasteiger partial charge is 0.134 e. The number of rotatable bonds is 3. The van der Waals surface area contributed by atoms with E-state index in [1.807, 2.05) is 6.07 Å². The number of aryl methyl sites for hydroxylation is 1. The Balaban J connectivity index is 1.96. The van der Waals surface area contributed by atoms with Gasteiger partial charge in [0.15, 0.2) is 0 Å². The van der Waals surface area contributed by atoms with Crippen LogP contribution in [0.15, 0.2) is 28.7 Å². The molecule has 2 unspecified atom stereocenters. The zero-order chi connectivity index (χ0) is 14.1. The van der Waals surface area contributed by atoms with Crippen LogP contribution in [0.5, 0.6) is 0 Å². The number of likely N-dealkylation sites (tertiary alicyclic amines) is 1. The Hall–Kier alpha value is -1.32. The highest BCUT2D eigenvalue weighted by atomic mass is 16.3. The molecule has 3 rings (SSSR count). The Kier molecular flexibility index (Phi) is 3.81. The van der Waals surface area contributed by atoms with Gasteiger partial charge in [-0.15, -0.1) is 0 Å². The molecule has 0 spiro atoms. The molecule has 1 aromatic heterocycles. The Morgan fingerprint density at radius 1 is 1.40 bits per heavy atom. The Morgan fingerprint density at radius 3 is 2.95 bits per heavy atom. The van der Waals surface area contributed by atoms with Gasteiger partial charge in [-0.2, -0.15) is 0 Å². The van der Waals surface area contributed by atoms with Crippen molar-refractivity contribution in [1.29, 1.82) is 0 Å². The molecule has 1 aliphatic rings. The summed E-state index contributed by atoms with van der Waals surface area (Å²) in [6, 6.07) is 8.96. The van der Waals surface area contributed by atoms with Crippen LogP contribution < -0.4 is 5.73 Å². The average Bonchev–Trinajstić information content (AvgIpc) is 2.85. The molecule has 2 heterocycles. The van der Waals surface area contributed by atoms with E-state index in [4.69, 9.17) is 10.2 Å².